The van der Waals surface area contributed by atoms with Crippen molar-refractivity contribution in [2.45, 2.75) is 39.2 Å². The number of carbonyl (C=O) groups excluding carboxylic acids is 2. The van der Waals surface area contributed by atoms with Crippen LogP contribution < -0.4 is 5.32 Å². The Labute approximate surface area is 122 Å². The summed E-state index contributed by atoms with van der Waals surface area (Å²) in [5.41, 5.74) is 0.426. The quantitative estimate of drug-likeness (QED) is 0.849. The maximum Gasteiger partial charge on any atom is 0.341 e. The second-order valence-corrected chi connectivity index (χ2v) is 5.96. The molecule has 1 aliphatic heterocycles. The molecule has 20 heavy (non-hydrogen) atoms. The van der Waals surface area contributed by atoms with Gasteiger partial charge in [-0.05, 0) is 32.8 Å². The predicted octanol–water partition coefficient (Wildman–Crippen LogP) is 2.74. The van der Waals surface area contributed by atoms with E-state index in [2.05, 4.69) is 5.32 Å². The van der Waals surface area contributed by atoms with Crippen LogP contribution in [-0.4, -0.2) is 31.2 Å². The molecule has 5 nitrogen and oxygen atoms in total. The van der Waals surface area contributed by atoms with E-state index in [1.54, 1.807) is 13.0 Å². The Kier molecular flexibility index (Phi) is 5.14. The number of thiophene rings is 1. The van der Waals surface area contributed by atoms with Crippen molar-refractivity contribution >= 4 is 28.2 Å². The predicted molar refractivity (Wildman–Crippen MR) is 77.2 cm³/mol. The minimum atomic E-state index is -0.399. The van der Waals surface area contributed by atoms with Crippen LogP contribution in [0.4, 0.5) is 5.00 Å². The molecule has 1 aromatic heterocycles. The average molecular weight is 297 g/mol. The third-order valence-electron chi connectivity index (χ3n) is 3.04. The van der Waals surface area contributed by atoms with E-state index in [0.29, 0.717) is 23.6 Å². The van der Waals surface area contributed by atoms with Crippen molar-refractivity contribution in [1.82, 2.24) is 0 Å². The molecule has 1 N–H and O–H groups in total. The molecule has 0 saturated carbocycles. The molecule has 6 heteroatoms. The Morgan fingerprint density at radius 3 is 3.00 bits per heavy atom. The summed E-state index contributed by atoms with van der Waals surface area (Å²) >= 11 is 1.38. The normalized spacial score (nSPS) is 18.0. The number of carbonyl (C=O) groups is 2. The van der Waals surface area contributed by atoms with Gasteiger partial charge in [-0.3, -0.25) is 4.79 Å². The molecule has 0 spiro atoms. The fraction of sp³-hybridized carbons (Fsp3) is 0.571. The zero-order valence-corrected chi connectivity index (χ0v) is 12.5. The topological polar surface area (TPSA) is 64.6 Å². The van der Waals surface area contributed by atoms with Crippen molar-refractivity contribution in [2.24, 2.45) is 0 Å². The van der Waals surface area contributed by atoms with Gasteiger partial charge in [-0.25, -0.2) is 4.79 Å². The number of nitrogens with one attached hydrogen (secondary N) is 1. The summed E-state index contributed by atoms with van der Waals surface area (Å²) in [6.45, 7) is 4.69. The van der Waals surface area contributed by atoms with E-state index >= 15 is 0 Å². The number of anilines is 1. The van der Waals surface area contributed by atoms with Crippen LogP contribution in [0.1, 0.15) is 41.4 Å². The van der Waals surface area contributed by atoms with Crippen LogP contribution in [0.25, 0.3) is 0 Å². The Hall–Kier alpha value is -1.40. The van der Waals surface area contributed by atoms with Gasteiger partial charge in [-0.2, -0.15) is 0 Å². The summed E-state index contributed by atoms with van der Waals surface area (Å²) in [5, 5.41) is 3.36. The van der Waals surface area contributed by atoms with Gasteiger partial charge in [0.2, 0.25) is 5.91 Å². The minimum absolute atomic E-state index is 0.00195. The summed E-state index contributed by atoms with van der Waals surface area (Å²) in [4.78, 5) is 24.7. The molecule has 0 aromatic carbocycles. The van der Waals surface area contributed by atoms with Gasteiger partial charge >= 0.3 is 5.97 Å². The molecule has 0 bridgehead atoms. The standard InChI is InChI=1S/C14H19NO4S/c1-3-18-14(17)11-7-9(2)20-13(11)15-12(16)8-10-5-4-6-19-10/h7,10H,3-6,8H2,1-2H3,(H,15,16). The largest absolute Gasteiger partial charge is 0.462 e. The summed E-state index contributed by atoms with van der Waals surface area (Å²) in [5.74, 6) is -0.520. The Bertz CT molecular complexity index is 491. The molecule has 1 aromatic rings. The summed E-state index contributed by atoms with van der Waals surface area (Å²) in [6.07, 6.45) is 2.26. The highest BCUT2D eigenvalue weighted by Crippen LogP contribution is 2.29. The molecule has 1 fully saturated rings. The molecule has 1 amide bonds. The molecule has 1 aliphatic rings. The van der Waals surface area contributed by atoms with Gasteiger partial charge in [0.1, 0.15) is 5.00 Å². The van der Waals surface area contributed by atoms with E-state index in [1.165, 1.54) is 11.3 Å². The number of esters is 1. The SMILES string of the molecule is CCOC(=O)c1cc(C)sc1NC(=O)CC1CCCO1. The molecule has 2 rings (SSSR count). The molecular weight excluding hydrogens is 278 g/mol. The lowest BCUT2D eigenvalue weighted by Gasteiger charge is -2.09. The zero-order chi connectivity index (χ0) is 14.5. The maximum atomic E-state index is 12.0. The number of rotatable bonds is 5. The monoisotopic (exact) mass is 297 g/mol. The molecular formula is C14H19NO4S. The van der Waals surface area contributed by atoms with Crippen LogP contribution in [-0.2, 0) is 14.3 Å². The number of ether oxygens (including phenoxy) is 2. The molecule has 110 valence electrons. The highest BCUT2D eigenvalue weighted by molar-refractivity contribution is 7.16. The van der Waals surface area contributed by atoms with E-state index in [-0.39, 0.29) is 12.0 Å². The first kappa shape index (κ1) is 15.0. The Morgan fingerprint density at radius 1 is 1.55 bits per heavy atom. The molecule has 0 aliphatic carbocycles. The third kappa shape index (κ3) is 3.80. The van der Waals surface area contributed by atoms with E-state index < -0.39 is 5.97 Å². The molecule has 2 heterocycles. The minimum Gasteiger partial charge on any atom is -0.462 e. The van der Waals surface area contributed by atoms with Gasteiger partial charge in [0, 0.05) is 11.5 Å². The van der Waals surface area contributed by atoms with Crippen LogP contribution >= 0.6 is 11.3 Å². The van der Waals surface area contributed by atoms with Gasteiger partial charge in [0.05, 0.1) is 24.7 Å². The first-order valence-electron chi connectivity index (χ1n) is 6.79. The first-order chi connectivity index (χ1) is 9.60. The van der Waals surface area contributed by atoms with Crippen LogP contribution in [0.2, 0.25) is 0 Å². The lowest BCUT2D eigenvalue weighted by Crippen LogP contribution is -2.20. The summed E-state index contributed by atoms with van der Waals surface area (Å²) in [7, 11) is 0. The van der Waals surface area contributed by atoms with E-state index in [0.717, 1.165) is 24.3 Å². The molecule has 1 unspecified atom stereocenters. The van der Waals surface area contributed by atoms with Gasteiger partial charge in [0.15, 0.2) is 0 Å². The lowest BCUT2D eigenvalue weighted by molar-refractivity contribution is -0.118. The molecule has 0 radical (unpaired) electrons. The van der Waals surface area contributed by atoms with Crippen molar-refractivity contribution in [1.29, 1.82) is 0 Å². The molecule has 1 atom stereocenters. The second kappa shape index (κ2) is 6.85. The van der Waals surface area contributed by atoms with Crippen LogP contribution in [0.15, 0.2) is 6.07 Å². The van der Waals surface area contributed by atoms with Crippen molar-refractivity contribution in [2.75, 3.05) is 18.5 Å². The second-order valence-electron chi connectivity index (χ2n) is 4.71. The highest BCUT2D eigenvalue weighted by Gasteiger charge is 2.22. The summed E-state index contributed by atoms with van der Waals surface area (Å²) in [6, 6.07) is 1.74. The van der Waals surface area contributed by atoms with Crippen LogP contribution in [0, 0.1) is 6.92 Å². The number of hydrogen-bond acceptors (Lipinski definition) is 5. The summed E-state index contributed by atoms with van der Waals surface area (Å²) < 4.78 is 10.4. The van der Waals surface area contributed by atoms with E-state index in [1.807, 2.05) is 6.92 Å². The van der Waals surface area contributed by atoms with Gasteiger partial charge in [0.25, 0.3) is 0 Å². The van der Waals surface area contributed by atoms with Crippen LogP contribution in [0.5, 0.6) is 0 Å². The molecule has 1 saturated heterocycles. The van der Waals surface area contributed by atoms with Crippen molar-refractivity contribution in [3.8, 4) is 0 Å². The van der Waals surface area contributed by atoms with E-state index in [4.69, 9.17) is 9.47 Å². The van der Waals surface area contributed by atoms with Gasteiger partial charge < -0.3 is 14.8 Å². The Balaban J connectivity index is 2.00. The Morgan fingerprint density at radius 2 is 2.35 bits per heavy atom. The van der Waals surface area contributed by atoms with Crippen LogP contribution in [0.3, 0.4) is 0 Å². The third-order valence-corrected chi connectivity index (χ3v) is 4.01. The number of amides is 1. The number of aryl methyl sites for hydroxylation is 1. The first-order valence-corrected chi connectivity index (χ1v) is 7.60. The average Bonchev–Trinajstić information content (AvgIpc) is 2.99. The van der Waals surface area contributed by atoms with Gasteiger partial charge in [-0.1, -0.05) is 0 Å². The fourth-order valence-corrected chi connectivity index (χ4v) is 3.07. The lowest BCUT2D eigenvalue weighted by atomic mass is 10.2. The van der Waals surface area contributed by atoms with Crippen molar-refractivity contribution in [3.63, 3.8) is 0 Å². The smallest absolute Gasteiger partial charge is 0.341 e. The zero-order valence-electron chi connectivity index (χ0n) is 11.7. The maximum absolute atomic E-state index is 12.0. The van der Waals surface area contributed by atoms with Gasteiger partial charge in [-0.15, -0.1) is 11.3 Å². The highest BCUT2D eigenvalue weighted by atomic mass is 32.1. The van der Waals surface area contributed by atoms with Crippen molar-refractivity contribution < 1.29 is 19.1 Å². The van der Waals surface area contributed by atoms with E-state index in [9.17, 15) is 9.59 Å². The fourth-order valence-electron chi connectivity index (χ4n) is 2.16. The number of hydrogen-bond donors (Lipinski definition) is 1. The van der Waals surface area contributed by atoms with Crippen molar-refractivity contribution in [3.05, 3.63) is 16.5 Å².